The number of benzene rings is 1. The number of amides is 3. The molecule has 0 atom stereocenters. The third-order valence-corrected chi connectivity index (χ3v) is 3.14. The first-order valence-electron chi connectivity index (χ1n) is 6.33. The zero-order valence-electron chi connectivity index (χ0n) is 11.3. The Morgan fingerprint density at radius 1 is 1.10 bits per heavy atom. The topological polar surface area (TPSA) is 72.4 Å². The number of ether oxygens (including phenoxy) is 1. The van der Waals surface area contributed by atoms with Crippen molar-refractivity contribution in [2.45, 2.75) is 0 Å². The quantitative estimate of drug-likeness (QED) is 0.665. The molecular formula is C15H13N3O3. The molecule has 0 saturated carbocycles. The molecule has 1 saturated heterocycles. The van der Waals surface area contributed by atoms with Crippen molar-refractivity contribution in [2.24, 2.45) is 0 Å². The molecule has 1 aromatic heterocycles. The highest BCUT2D eigenvalue weighted by Crippen LogP contribution is 2.19. The molecule has 6 nitrogen and oxygen atoms in total. The van der Waals surface area contributed by atoms with Crippen molar-refractivity contribution in [1.29, 1.82) is 0 Å². The van der Waals surface area contributed by atoms with Gasteiger partial charge in [0, 0.05) is 17.6 Å². The molecule has 1 fully saturated rings. The van der Waals surface area contributed by atoms with Crippen LogP contribution in [0.5, 0.6) is 5.75 Å². The number of aromatic nitrogens is 1. The van der Waals surface area contributed by atoms with Crippen LogP contribution in [0.4, 0.5) is 4.79 Å². The highest BCUT2D eigenvalue weighted by molar-refractivity contribution is 6.13. The van der Waals surface area contributed by atoms with Gasteiger partial charge in [-0.2, -0.15) is 0 Å². The molecule has 0 aliphatic carbocycles. The number of urea groups is 1. The first-order valence-corrected chi connectivity index (χ1v) is 6.33. The van der Waals surface area contributed by atoms with Crippen LogP contribution < -0.4 is 15.4 Å². The lowest BCUT2D eigenvalue weighted by molar-refractivity contribution is -0.115. The van der Waals surface area contributed by atoms with E-state index in [1.54, 1.807) is 13.2 Å². The summed E-state index contributed by atoms with van der Waals surface area (Å²) in [5.74, 6) is 0.343. The number of imide groups is 1. The molecule has 3 amide bonds. The lowest BCUT2D eigenvalue weighted by atomic mass is 10.2. The van der Waals surface area contributed by atoms with E-state index < -0.39 is 11.9 Å². The van der Waals surface area contributed by atoms with Crippen molar-refractivity contribution in [2.75, 3.05) is 7.11 Å². The van der Waals surface area contributed by atoms with Crippen LogP contribution in [0, 0.1) is 0 Å². The molecule has 0 unspecified atom stereocenters. The largest absolute Gasteiger partial charge is 0.497 e. The van der Waals surface area contributed by atoms with Crippen LogP contribution >= 0.6 is 0 Å². The fourth-order valence-corrected chi connectivity index (χ4v) is 2.12. The van der Waals surface area contributed by atoms with E-state index in [0.717, 1.165) is 17.1 Å². The number of nitrogens with one attached hydrogen (secondary N) is 2. The van der Waals surface area contributed by atoms with Crippen LogP contribution in [0.2, 0.25) is 0 Å². The normalized spacial score (nSPS) is 16.0. The van der Waals surface area contributed by atoms with Gasteiger partial charge in [-0.05, 0) is 42.5 Å². The average Bonchev–Trinajstić information content (AvgIpc) is 3.06. The van der Waals surface area contributed by atoms with Crippen molar-refractivity contribution in [1.82, 2.24) is 15.2 Å². The molecule has 2 aromatic rings. The second-order valence-electron chi connectivity index (χ2n) is 4.47. The van der Waals surface area contributed by atoms with E-state index >= 15 is 0 Å². The molecule has 3 rings (SSSR count). The summed E-state index contributed by atoms with van der Waals surface area (Å²) in [6.45, 7) is 0. The summed E-state index contributed by atoms with van der Waals surface area (Å²) in [7, 11) is 1.61. The summed E-state index contributed by atoms with van der Waals surface area (Å²) in [6, 6.07) is 10.8. The van der Waals surface area contributed by atoms with Gasteiger partial charge in [-0.1, -0.05) is 0 Å². The van der Waals surface area contributed by atoms with Gasteiger partial charge in [-0.25, -0.2) is 4.79 Å². The zero-order chi connectivity index (χ0) is 14.8. The van der Waals surface area contributed by atoms with E-state index in [4.69, 9.17) is 4.74 Å². The minimum Gasteiger partial charge on any atom is -0.497 e. The number of nitrogens with zero attached hydrogens (tertiary/aromatic N) is 1. The zero-order valence-corrected chi connectivity index (χ0v) is 11.3. The van der Waals surface area contributed by atoms with Crippen LogP contribution in [0.1, 0.15) is 5.69 Å². The Bertz CT molecular complexity index is 729. The molecule has 1 aliphatic rings. The fraction of sp³-hybridized carbons (Fsp3) is 0.0667. The van der Waals surface area contributed by atoms with Gasteiger partial charge in [0.2, 0.25) is 0 Å². The molecule has 1 aliphatic heterocycles. The van der Waals surface area contributed by atoms with E-state index in [-0.39, 0.29) is 5.70 Å². The number of carbonyl (C=O) groups is 2. The predicted molar refractivity (Wildman–Crippen MR) is 77.0 cm³/mol. The van der Waals surface area contributed by atoms with E-state index in [1.165, 1.54) is 0 Å². The number of rotatable bonds is 3. The third-order valence-electron chi connectivity index (χ3n) is 3.14. The molecule has 2 N–H and O–H groups in total. The predicted octanol–water partition coefficient (Wildman–Crippen LogP) is 1.67. The maximum Gasteiger partial charge on any atom is 0.326 e. The summed E-state index contributed by atoms with van der Waals surface area (Å²) >= 11 is 0. The fourth-order valence-electron chi connectivity index (χ4n) is 2.12. The Morgan fingerprint density at radius 3 is 2.48 bits per heavy atom. The molecule has 21 heavy (non-hydrogen) atoms. The smallest absolute Gasteiger partial charge is 0.326 e. The Hall–Kier alpha value is -3.02. The molecule has 6 heteroatoms. The van der Waals surface area contributed by atoms with Crippen LogP contribution in [0.15, 0.2) is 48.3 Å². The SMILES string of the molecule is COc1ccc(-n2cccc2/C=C2\NC(=O)NC2=O)cc1. The van der Waals surface area contributed by atoms with E-state index in [2.05, 4.69) is 10.6 Å². The summed E-state index contributed by atoms with van der Waals surface area (Å²) in [5, 5.41) is 4.64. The van der Waals surface area contributed by atoms with Crippen molar-refractivity contribution in [3.63, 3.8) is 0 Å². The van der Waals surface area contributed by atoms with Gasteiger partial charge in [-0.3, -0.25) is 10.1 Å². The monoisotopic (exact) mass is 283 g/mol. The summed E-state index contributed by atoms with van der Waals surface area (Å²) in [6.07, 6.45) is 3.51. The van der Waals surface area contributed by atoms with Crippen molar-refractivity contribution >= 4 is 18.0 Å². The van der Waals surface area contributed by atoms with Crippen LogP contribution in [0.3, 0.4) is 0 Å². The maximum atomic E-state index is 11.6. The van der Waals surface area contributed by atoms with Crippen molar-refractivity contribution < 1.29 is 14.3 Å². The van der Waals surface area contributed by atoms with Gasteiger partial charge < -0.3 is 14.6 Å². The van der Waals surface area contributed by atoms with E-state index in [9.17, 15) is 9.59 Å². The highest BCUT2D eigenvalue weighted by atomic mass is 16.5. The Balaban J connectivity index is 1.95. The van der Waals surface area contributed by atoms with E-state index in [0.29, 0.717) is 0 Å². The molecule has 0 radical (unpaired) electrons. The molecule has 0 spiro atoms. The highest BCUT2D eigenvalue weighted by Gasteiger charge is 2.23. The first-order chi connectivity index (χ1) is 10.2. The third kappa shape index (κ3) is 2.51. The Labute approximate surface area is 121 Å². The number of methoxy groups -OCH3 is 1. The minimum absolute atomic E-state index is 0.230. The van der Waals surface area contributed by atoms with Crippen LogP contribution in [-0.2, 0) is 4.79 Å². The molecule has 1 aromatic carbocycles. The van der Waals surface area contributed by atoms with Crippen LogP contribution in [0.25, 0.3) is 11.8 Å². The lowest BCUT2D eigenvalue weighted by Gasteiger charge is -2.08. The lowest BCUT2D eigenvalue weighted by Crippen LogP contribution is -2.22. The molecule has 106 valence electrons. The number of hydrogen-bond acceptors (Lipinski definition) is 3. The minimum atomic E-state index is -0.506. The van der Waals surface area contributed by atoms with Gasteiger partial charge in [0.15, 0.2) is 0 Å². The summed E-state index contributed by atoms with van der Waals surface area (Å²) < 4.78 is 7.04. The molecular weight excluding hydrogens is 270 g/mol. The van der Waals surface area contributed by atoms with Gasteiger partial charge in [0.1, 0.15) is 11.4 Å². The number of carbonyl (C=O) groups excluding carboxylic acids is 2. The van der Waals surface area contributed by atoms with Gasteiger partial charge in [-0.15, -0.1) is 0 Å². The van der Waals surface area contributed by atoms with Gasteiger partial charge >= 0.3 is 6.03 Å². The Morgan fingerprint density at radius 2 is 1.86 bits per heavy atom. The Kier molecular flexibility index (Phi) is 3.19. The first kappa shape index (κ1) is 13.0. The van der Waals surface area contributed by atoms with Crippen molar-refractivity contribution in [3.05, 3.63) is 54.0 Å². The standard InChI is InChI=1S/C15H13N3O3/c1-21-12-6-4-10(5-7-12)18-8-2-3-11(18)9-13-14(19)17-15(20)16-13/h2-9H,1H3,(H2,16,17,19,20)/b13-9-. The maximum absolute atomic E-state index is 11.6. The average molecular weight is 283 g/mol. The summed E-state index contributed by atoms with van der Waals surface area (Å²) in [4.78, 5) is 22.7. The molecule has 2 heterocycles. The second-order valence-corrected chi connectivity index (χ2v) is 4.47. The van der Waals surface area contributed by atoms with Gasteiger partial charge in [0.05, 0.1) is 7.11 Å². The number of hydrogen-bond donors (Lipinski definition) is 2. The summed E-state index contributed by atoms with van der Waals surface area (Å²) in [5.41, 5.74) is 1.94. The van der Waals surface area contributed by atoms with Gasteiger partial charge in [0.25, 0.3) is 5.91 Å². The molecule has 0 bridgehead atoms. The van der Waals surface area contributed by atoms with E-state index in [1.807, 2.05) is 47.2 Å². The van der Waals surface area contributed by atoms with Crippen molar-refractivity contribution in [3.8, 4) is 11.4 Å². The van der Waals surface area contributed by atoms with Crippen LogP contribution in [-0.4, -0.2) is 23.6 Å². The second kappa shape index (κ2) is 5.16.